The van der Waals surface area contributed by atoms with Crippen LogP contribution in [0.2, 0.25) is 0 Å². The molecule has 1 fully saturated rings. The molecule has 1 saturated carbocycles. The summed E-state index contributed by atoms with van der Waals surface area (Å²) < 4.78 is 24.9. The van der Waals surface area contributed by atoms with E-state index in [0.717, 1.165) is 18.0 Å². The van der Waals surface area contributed by atoms with Gasteiger partial charge in [0.05, 0.1) is 0 Å². The fourth-order valence-electron chi connectivity index (χ4n) is 2.39. The molecule has 1 aromatic rings. The number of nitrogens with zero attached hydrogens (tertiary/aromatic N) is 1. The maximum atomic E-state index is 12.4. The molecule has 108 valence electrons. The van der Waals surface area contributed by atoms with Gasteiger partial charge in [0.1, 0.15) is 0 Å². The highest BCUT2D eigenvalue weighted by Crippen LogP contribution is 2.35. The number of hydrogen-bond donors (Lipinski definition) is 1. The van der Waals surface area contributed by atoms with E-state index in [-0.39, 0.29) is 18.0 Å². The monoisotopic (exact) mass is 290 g/mol. The van der Waals surface area contributed by atoms with E-state index in [9.17, 15) is 8.78 Å². The van der Waals surface area contributed by atoms with E-state index in [1.807, 2.05) is 0 Å². The normalized spacial score (nSPS) is 16.5. The second kappa shape index (κ2) is 7.17. The fourth-order valence-corrected chi connectivity index (χ4v) is 2.39. The van der Waals surface area contributed by atoms with Gasteiger partial charge in [-0.05, 0) is 31.4 Å². The molecule has 0 aliphatic heterocycles. The lowest BCUT2D eigenvalue weighted by Crippen LogP contribution is -2.39. The summed E-state index contributed by atoms with van der Waals surface area (Å²) in [6.45, 7) is 1.43. The van der Waals surface area contributed by atoms with Gasteiger partial charge in [0, 0.05) is 24.7 Å². The summed E-state index contributed by atoms with van der Waals surface area (Å²) in [5.74, 6) is 0.723. The molecule has 0 saturated heterocycles. The molecule has 0 heterocycles. The molecule has 1 aliphatic rings. The minimum absolute atomic E-state index is 0. The summed E-state index contributed by atoms with van der Waals surface area (Å²) in [7, 11) is 2.05. The van der Waals surface area contributed by atoms with Crippen LogP contribution < -0.4 is 5.73 Å². The number of nitrogens with two attached hydrogens (primary N) is 1. The molecule has 2 N–H and O–H groups in total. The van der Waals surface area contributed by atoms with E-state index in [2.05, 4.69) is 11.9 Å². The van der Waals surface area contributed by atoms with Crippen LogP contribution in [0.15, 0.2) is 24.3 Å². The van der Waals surface area contributed by atoms with E-state index in [4.69, 9.17) is 5.73 Å². The van der Waals surface area contributed by atoms with Gasteiger partial charge in [-0.15, -0.1) is 12.4 Å². The molecule has 2 rings (SSSR count). The molecule has 1 atom stereocenters. The molecule has 0 amide bonds. The van der Waals surface area contributed by atoms with Gasteiger partial charge >= 0.3 is 0 Å². The lowest BCUT2D eigenvalue weighted by Gasteiger charge is -2.27. The number of benzene rings is 1. The molecule has 1 aliphatic carbocycles. The number of hydrogen-bond acceptors (Lipinski definition) is 2. The first-order chi connectivity index (χ1) is 8.61. The van der Waals surface area contributed by atoms with Crippen LogP contribution in [0.5, 0.6) is 0 Å². The zero-order valence-corrected chi connectivity index (χ0v) is 11.9. The molecule has 1 unspecified atom stereocenters. The number of alkyl halides is 2. The Morgan fingerprint density at radius 2 is 1.84 bits per heavy atom. The van der Waals surface area contributed by atoms with Crippen molar-refractivity contribution in [3.8, 4) is 0 Å². The maximum absolute atomic E-state index is 12.4. The van der Waals surface area contributed by atoms with Crippen molar-refractivity contribution >= 4 is 12.4 Å². The number of likely N-dealkylation sites (N-methyl/N-ethyl adjacent to an activating group) is 1. The summed E-state index contributed by atoms with van der Waals surface area (Å²) in [4.78, 5) is 2.23. The van der Waals surface area contributed by atoms with Crippen LogP contribution in [0.1, 0.15) is 30.4 Å². The van der Waals surface area contributed by atoms with Crippen molar-refractivity contribution in [3.05, 3.63) is 35.4 Å². The Balaban J connectivity index is 0.00000180. The average molecular weight is 291 g/mol. The van der Waals surface area contributed by atoms with E-state index < -0.39 is 6.43 Å². The second-order valence-corrected chi connectivity index (χ2v) is 5.10. The molecule has 0 radical (unpaired) electrons. The average Bonchev–Trinajstić information content (AvgIpc) is 3.15. The molecule has 1 aromatic carbocycles. The van der Waals surface area contributed by atoms with Gasteiger partial charge in [0.25, 0.3) is 6.43 Å². The highest BCUT2D eigenvalue weighted by molar-refractivity contribution is 5.85. The van der Waals surface area contributed by atoms with Crippen LogP contribution in [0.3, 0.4) is 0 Å². The minimum atomic E-state index is -2.39. The zero-order chi connectivity index (χ0) is 13.1. The van der Waals surface area contributed by atoms with E-state index in [1.165, 1.54) is 25.0 Å². The predicted molar refractivity (Wildman–Crippen MR) is 75.7 cm³/mol. The third-order valence-electron chi connectivity index (χ3n) is 3.64. The van der Waals surface area contributed by atoms with Crippen LogP contribution in [0, 0.1) is 5.92 Å². The molecule has 2 nitrogen and oxygen atoms in total. The van der Waals surface area contributed by atoms with Crippen molar-refractivity contribution in [2.24, 2.45) is 11.7 Å². The van der Waals surface area contributed by atoms with Crippen LogP contribution in [0.25, 0.3) is 0 Å². The van der Waals surface area contributed by atoms with Gasteiger partial charge in [0.2, 0.25) is 0 Å². The van der Waals surface area contributed by atoms with Gasteiger partial charge < -0.3 is 5.73 Å². The highest BCUT2D eigenvalue weighted by Gasteiger charge is 2.32. The molecule has 19 heavy (non-hydrogen) atoms. The number of rotatable bonds is 6. The van der Waals surface area contributed by atoms with Crippen LogP contribution in [0.4, 0.5) is 8.78 Å². The maximum Gasteiger partial charge on any atom is 0.263 e. The standard InChI is InChI=1S/C14H20F2N2.ClH/c1-18(13(8-17)11-6-7-11)9-10-2-4-12(5-3-10)14(15)16;/h2-5,11,13-14H,6-9,17H2,1H3;1H. The Hall–Kier alpha value is -0.710. The molecule has 0 aromatic heterocycles. The van der Waals surface area contributed by atoms with Crippen LogP contribution >= 0.6 is 12.4 Å². The number of halogens is 3. The lowest BCUT2D eigenvalue weighted by atomic mass is 10.1. The third-order valence-corrected chi connectivity index (χ3v) is 3.64. The Morgan fingerprint density at radius 3 is 2.26 bits per heavy atom. The van der Waals surface area contributed by atoms with E-state index in [1.54, 1.807) is 12.1 Å². The first-order valence-corrected chi connectivity index (χ1v) is 6.39. The van der Waals surface area contributed by atoms with Crippen molar-refractivity contribution in [1.82, 2.24) is 4.90 Å². The zero-order valence-electron chi connectivity index (χ0n) is 11.1. The van der Waals surface area contributed by atoms with Crippen molar-refractivity contribution in [2.45, 2.75) is 31.9 Å². The van der Waals surface area contributed by atoms with Crippen molar-refractivity contribution in [1.29, 1.82) is 0 Å². The third kappa shape index (κ3) is 4.41. The Bertz CT molecular complexity index is 380. The minimum Gasteiger partial charge on any atom is -0.329 e. The van der Waals surface area contributed by atoms with Gasteiger partial charge in [-0.25, -0.2) is 8.78 Å². The molecule has 0 bridgehead atoms. The first kappa shape index (κ1) is 16.3. The summed E-state index contributed by atoms with van der Waals surface area (Å²) in [6.07, 6.45) is 0.132. The SMILES string of the molecule is CN(Cc1ccc(C(F)F)cc1)C(CN)C1CC1.Cl. The fraction of sp³-hybridized carbons (Fsp3) is 0.571. The first-order valence-electron chi connectivity index (χ1n) is 6.39. The summed E-state index contributed by atoms with van der Waals surface area (Å²) >= 11 is 0. The quantitative estimate of drug-likeness (QED) is 0.872. The lowest BCUT2D eigenvalue weighted by molar-refractivity contribution is 0.151. The Labute approximate surface area is 119 Å². The van der Waals surface area contributed by atoms with Crippen LogP contribution in [-0.4, -0.2) is 24.5 Å². The van der Waals surface area contributed by atoms with Crippen molar-refractivity contribution in [2.75, 3.05) is 13.6 Å². The molecule has 0 spiro atoms. The Kier molecular flexibility index (Phi) is 6.17. The van der Waals surface area contributed by atoms with Crippen molar-refractivity contribution in [3.63, 3.8) is 0 Å². The van der Waals surface area contributed by atoms with E-state index >= 15 is 0 Å². The van der Waals surface area contributed by atoms with Crippen molar-refractivity contribution < 1.29 is 8.78 Å². The van der Waals surface area contributed by atoms with Gasteiger partial charge in [-0.1, -0.05) is 24.3 Å². The summed E-state index contributed by atoms with van der Waals surface area (Å²) in [5.41, 5.74) is 6.93. The summed E-state index contributed by atoms with van der Waals surface area (Å²) in [5, 5.41) is 0. The molecule has 5 heteroatoms. The predicted octanol–water partition coefficient (Wildman–Crippen LogP) is 3.22. The largest absolute Gasteiger partial charge is 0.329 e. The molecular weight excluding hydrogens is 270 g/mol. The van der Waals surface area contributed by atoms with E-state index in [0.29, 0.717) is 12.6 Å². The summed E-state index contributed by atoms with van der Waals surface area (Å²) in [6, 6.07) is 6.97. The highest BCUT2D eigenvalue weighted by atomic mass is 35.5. The second-order valence-electron chi connectivity index (χ2n) is 5.10. The van der Waals surface area contributed by atoms with Gasteiger partial charge in [0.15, 0.2) is 0 Å². The van der Waals surface area contributed by atoms with Gasteiger partial charge in [-0.2, -0.15) is 0 Å². The topological polar surface area (TPSA) is 29.3 Å². The van der Waals surface area contributed by atoms with Gasteiger partial charge in [-0.3, -0.25) is 4.90 Å². The molecular formula is C14H21ClF2N2. The smallest absolute Gasteiger partial charge is 0.263 e. The Morgan fingerprint density at radius 1 is 1.26 bits per heavy atom. The van der Waals surface area contributed by atoms with Crippen LogP contribution in [-0.2, 0) is 6.54 Å².